The summed E-state index contributed by atoms with van der Waals surface area (Å²) in [4.78, 5) is 24.5. The second-order valence-electron chi connectivity index (χ2n) is 6.17. The molecule has 1 heterocycles. The van der Waals surface area contributed by atoms with Crippen LogP contribution >= 0.6 is 11.6 Å². The van der Waals surface area contributed by atoms with Crippen LogP contribution in [0.3, 0.4) is 0 Å². The fourth-order valence-corrected chi connectivity index (χ4v) is 2.67. The molecule has 0 aliphatic rings. The van der Waals surface area contributed by atoms with E-state index >= 15 is 0 Å². The Morgan fingerprint density at radius 1 is 1.14 bits per heavy atom. The molecule has 0 aliphatic heterocycles. The van der Waals surface area contributed by atoms with E-state index in [-0.39, 0.29) is 11.3 Å². The van der Waals surface area contributed by atoms with Crippen molar-refractivity contribution in [3.05, 3.63) is 76.8 Å². The van der Waals surface area contributed by atoms with Gasteiger partial charge in [-0.1, -0.05) is 23.7 Å². The number of nitrogens with zero attached hydrogens (tertiary/aromatic N) is 2. The van der Waals surface area contributed by atoms with Gasteiger partial charge in [0.1, 0.15) is 0 Å². The van der Waals surface area contributed by atoms with Gasteiger partial charge in [0.05, 0.1) is 23.1 Å². The van der Waals surface area contributed by atoms with Gasteiger partial charge < -0.3 is 4.74 Å². The monoisotopic (exact) mass is 416 g/mol. The maximum Gasteiger partial charge on any atom is 0.279 e. The van der Waals surface area contributed by atoms with Gasteiger partial charge in [-0.3, -0.25) is 20.4 Å². The SMILES string of the molecule is Cc1c(C(=O)NNC(=O)C(C)Oc2ccccc2F)cnn1-c1ccc(Cl)cc1. The first-order valence-electron chi connectivity index (χ1n) is 8.68. The number of amides is 2. The zero-order valence-electron chi connectivity index (χ0n) is 15.6. The lowest BCUT2D eigenvalue weighted by Gasteiger charge is -2.15. The molecule has 1 atom stereocenters. The summed E-state index contributed by atoms with van der Waals surface area (Å²) < 4.78 is 20.5. The molecular weight excluding hydrogens is 399 g/mol. The summed E-state index contributed by atoms with van der Waals surface area (Å²) in [5.74, 6) is -1.82. The summed E-state index contributed by atoms with van der Waals surface area (Å²) >= 11 is 5.89. The standard InChI is InChI=1S/C20H18ClFN4O3/c1-12-16(11-23-26(12)15-9-7-14(21)8-10-15)20(28)25-24-19(27)13(2)29-18-6-4-3-5-17(18)22/h3-11,13H,1-2H3,(H,24,27)(H,25,28). The van der Waals surface area contributed by atoms with E-state index in [1.165, 1.54) is 31.3 Å². The van der Waals surface area contributed by atoms with E-state index in [1.54, 1.807) is 41.9 Å². The fraction of sp³-hybridized carbons (Fsp3) is 0.150. The summed E-state index contributed by atoms with van der Waals surface area (Å²) in [7, 11) is 0. The zero-order valence-corrected chi connectivity index (χ0v) is 16.4. The van der Waals surface area contributed by atoms with Crippen LogP contribution in [0.2, 0.25) is 5.02 Å². The number of benzene rings is 2. The van der Waals surface area contributed by atoms with Gasteiger partial charge in [-0.25, -0.2) is 9.07 Å². The molecule has 0 saturated carbocycles. The van der Waals surface area contributed by atoms with Crippen molar-refractivity contribution in [1.82, 2.24) is 20.6 Å². The lowest BCUT2D eigenvalue weighted by atomic mass is 10.2. The number of carbonyl (C=O) groups excluding carboxylic acids is 2. The molecule has 2 aromatic carbocycles. The molecular formula is C20H18ClFN4O3. The van der Waals surface area contributed by atoms with Crippen molar-refractivity contribution in [3.63, 3.8) is 0 Å². The summed E-state index contributed by atoms with van der Waals surface area (Å²) in [5, 5.41) is 4.79. The summed E-state index contributed by atoms with van der Waals surface area (Å²) in [5.41, 5.74) is 6.17. The largest absolute Gasteiger partial charge is 0.478 e. The molecule has 2 amide bonds. The molecule has 150 valence electrons. The topological polar surface area (TPSA) is 85.2 Å². The third-order valence-electron chi connectivity index (χ3n) is 4.13. The molecule has 0 spiro atoms. The van der Waals surface area contributed by atoms with Gasteiger partial charge in [0.15, 0.2) is 17.7 Å². The highest BCUT2D eigenvalue weighted by Gasteiger charge is 2.19. The Morgan fingerprint density at radius 2 is 1.83 bits per heavy atom. The molecule has 0 radical (unpaired) electrons. The number of hydrogen-bond acceptors (Lipinski definition) is 4. The molecule has 9 heteroatoms. The van der Waals surface area contributed by atoms with Crippen LogP contribution in [0.25, 0.3) is 5.69 Å². The molecule has 3 aromatic rings. The fourth-order valence-electron chi connectivity index (χ4n) is 2.55. The molecule has 7 nitrogen and oxygen atoms in total. The van der Waals surface area contributed by atoms with E-state index in [4.69, 9.17) is 16.3 Å². The lowest BCUT2D eigenvalue weighted by molar-refractivity contribution is -0.128. The molecule has 29 heavy (non-hydrogen) atoms. The minimum atomic E-state index is -1.02. The first-order chi connectivity index (χ1) is 13.9. The molecule has 1 aromatic heterocycles. The van der Waals surface area contributed by atoms with E-state index in [1.807, 2.05) is 0 Å². The number of hydrogen-bond donors (Lipinski definition) is 2. The number of ether oxygens (including phenoxy) is 1. The van der Waals surface area contributed by atoms with Gasteiger partial charge in [0.2, 0.25) is 0 Å². The predicted molar refractivity (Wildman–Crippen MR) is 105 cm³/mol. The van der Waals surface area contributed by atoms with E-state index in [0.717, 1.165) is 5.69 Å². The smallest absolute Gasteiger partial charge is 0.279 e. The molecule has 2 N–H and O–H groups in total. The van der Waals surface area contributed by atoms with Gasteiger partial charge in [-0.15, -0.1) is 0 Å². The quantitative estimate of drug-likeness (QED) is 0.625. The van der Waals surface area contributed by atoms with Gasteiger partial charge in [0.25, 0.3) is 11.8 Å². The van der Waals surface area contributed by atoms with Crippen molar-refractivity contribution in [2.75, 3.05) is 0 Å². The van der Waals surface area contributed by atoms with Gasteiger partial charge in [-0.2, -0.15) is 5.10 Å². The maximum atomic E-state index is 13.6. The van der Waals surface area contributed by atoms with Crippen LogP contribution < -0.4 is 15.6 Å². The highest BCUT2D eigenvalue weighted by molar-refractivity contribution is 6.30. The van der Waals surface area contributed by atoms with Crippen LogP contribution in [-0.2, 0) is 4.79 Å². The summed E-state index contributed by atoms with van der Waals surface area (Å²) in [6.07, 6.45) is 0.370. The number of aromatic nitrogens is 2. The Morgan fingerprint density at radius 3 is 2.52 bits per heavy atom. The van der Waals surface area contributed by atoms with Crippen LogP contribution in [-0.4, -0.2) is 27.7 Å². The molecule has 3 rings (SSSR count). The van der Waals surface area contributed by atoms with E-state index < -0.39 is 23.7 Å². The maximum absolute atomic E-state index is 13.6. The molecule has 0 bridgehead atoms. The van der Waals surface area contributed by atoms with Crippen LogP contribution in [0.1, 0.15) is 23.0 Å². The van der Waals surface area contributed by atoms with Crippen LogP contribution in [0.15, 0.2) is 54.7 Å². The average Bonchev–Trinajstić information content (AvgIpc) is 3.09. The number of rotatable bonds is 5. The second-order valence-corrected chi connectivity index (χ2v) is 6.60. The minimum absolute atomic E-state index is 0.0541. The number of halogens is 2. The highest BCUT2D eigenvalue weighted by Crippen LogP contribution is 2.18. The normalized spacial score (nSPS) is 11.6. The highest BCUT2D eigenvalue weighted by atomic mass is 35.5. The third kappa shape index (κ3) is 4.72. The lowest BCUT2D eigenvalue weighted by Crippen LogP contribution is -2.47. The van der Waals surface area contributed by atoms with Gasteiger partial charge >= 0.3 is 0 Å². The Hall–Kier alpha value is -3.39. The first kappa shape index (κ1) is 20.3. The molecule has 0 saturated heterocycles. The van der Waals surface area contributed by atoms with Crippen LogP contribution in [0.4, 0.5) is 4.39 Å². The van der Waals surface area contributed by atoms with Crippen LogP contribution in [0.5, 0.6) is 5.75 Å². The number of carbonyl (C=O) groups is 2. The summed E-state index contributed by atoms with van der Waals surface area (Å²) in [6, 6.07) is 12.7. The first-order valence-corrected chi connectivity index (χ1v) is 9.06. The number of para-hydroxylation sites is 1. The summed E-state index contributed by atoms with van der Waals surface area (Å²) in [6.45, 7) is 3.17. The Balaban J connectivity index is 1.61. The third-order valence-corrected chi connectivity index (χ3v) is 4.39. The predicted octanol–water partition coefficient (Wildman–Crippen LogP) is 3.20. The molecule has 0 aliphatic carbocycles. The number of hydrazine groups is 1. The Labute approximate surface area is 171 Å². The zero-order chi connectivity index (χ0) is 21.0. The van der Waals surface area contributed by atoms with Crippen molar-refractivity contribution < 1.29 is 18.7 Å². The van der Waals surface area contributed by atoms with Gasteiger partial charge in [-0.05, 0) is 50.2 Å². The van der Waals surface area contributed by atoms with Crippen LogP contribution in [0, 0.1) is 12.7 Å². The van der Waals surface area contributed by atoms with Crippen molar-refractivity contribution in [1.29, 1.82) is 0 Å². The average molecular weight is 417 g/mol. The Bertz CT molecular complexity index is 1040. The molecule has 0 fully saturated rings. The van der Waals surface area contributed by atoms with E-state index in [2.05, 4.69) is 16.0 Å². The number of nitrogens with one attached hydrogen (secondary N) is 2. The Kier molecular flexibility index (Phi) is 6.13. The second kappa shape index (κ2) is 8.74. The van der Waals surface area contributed by atoms with Crippen molar-refractivity contribution in [2.24, 2.45) is 0 Å². The van der Waals surface area contributed by atoms with Crippen molar-refractivity contribution >= 4 is 23.4 Å². The van der Waals surface area contributed by atoms with Gasteiger partial charge in [0, 0.05) is 5.02 Å². The van der Waals surface area contributed by atoms with Crippen molar-refractivity contribution in [3.8, 4) is 11.4 Å². The molecule has 1 unspecified atom stereocenters. The minimum Gasteiger partial charge on any atom is -0.478 e. The van der Waals surface area contributed by atoms with E-state index in [0.29, 0.717) is 10.7 Å². The van der Waals surface area contributed by atoms with Crippen molar-refractivity contribution in [2.45, 2.75) is 20.0 Å². The van der Waals surface area contributed by atoms with E-state index in [9.17, 15) is 14.0 Å².